The molecule has 0 unspecified atom stereocenters. The smallest absolute Gasteiger partial charge is 0.291 e. The first-order valence-electron chi connectivity index (χ1n) is 10.7. The van der Waals surface area contributed by atoms with E-state index < -0.39 is 16.2 Å². The summed E-state index contributed by atoms with van der Waals surface area (Å²) in [6.07, 6.45) is 2.52. The zero-order valence-corrected chi connectivity index (χ0v) is 19.1. The second-order valence-electron chi connectivity index (χ2n) is 9.49. The summed E-state index contributed by atoms with van der Waals surface area (Å²) in [6.45, 7) is 8.61. The van der Waals surface area contributed by atoms with Crippen molar-refractivity contribution in [3.05, 3.63) is 65.7 Å². The van der Waals surface area contributed by atoms with Crippen molar-refractivity contribution in [3.63, 3.8) is 0 Å². The maximum absolute atomic E-state index is 13.3. The van der Waals surface area contributed by atoms with Gasteiger partial charge >= 0.3 is 0 Å². The van der Waals surface area contributed by atoms with E-state index in [4.69, 9.17) is 4.18 Å². The highest BCUT2D eigenvalue weighted by atomic mass is 32.2. The molecule has 2 aromatic carbocycles. The Hall–Kier alpha value is -1.98. The van der Waals surface area contributed by atoms with Crippen molar-refractivity contribution in [2.45, 2.75) is 64.4 Å². The van der Waals surface area contributed by atoms with Gasteiger partial charge in [0.05, 0.1) is 4.90 Å². The fraction of sp³-hybridized carbons (Fsp3) is 0.480. The maximum Gasteiger partial charge on any atom is 0.297 e. The van der Waals surface area contributed by atoms with Crippen molar-refractivity contribution in [3.8, 4) is 0 Å². The summed E-state index contributed by atoms with van der Waals surface area (Å²) in [7, 11) is -4.04. The lowest BCUT2D eigenvalue weighted by atomic mass is 9.68. The first-order valence-corrected chi connectivity index (χ1v) is 12.1. The second kappa shape index (κ2) is 9.03. The number of carbonyl (C=O) groups excluding carboxylic acids is 1. The SMILES string of the molecule is Cc1ccc(S(=O)(=O)O[C@@H](C(=O)c2ccccc2)C2CCC(C(C)(C)C)CC2)cc1. The lowest BCUT2D eigenvalue weighted by molar-refractivity contribution is 0.0526. The van der Waals surface area contributed by atoms with E-state index in [9.17, 15) is 13.2 Å². The molecule has 30 heavy (non-hydrogen) atoms. The molecular weight excluding hydrogens is 396 g/mol. The molecule has 1 aliphatic rings. The number of rotatable bonds is 6. The summed E-state index contributed by atoms with van der Waals surface area (Å²) >= 11 is 0. The van der Waals surface area contributed by atoms with E-state index in [1.54, 1.807) is 36.4 Å². The molecular formula is C25H32O4S. The molecule has 0 aromatic heterocycles. The lowest BCUT2D eigenvalue weighted by Gasteiger charge is -2.38. The third-order valence-corrected chi connectivity index (χ3v) is 7.59. The van der Waals surface area contributed by atoms with Crippen molar-refractivity contribution in [2.24, 2.45) is 17.3 Å². The Morgan fingerprint density at radius 3 is 2.03 bits per heavy atom. The molecule has 0 saturated heterocycles. The average Bonchev–Trinajstić information content (AvgIpc) is 2.72. The monoisotopic (exact) mass is 428 g/mol. The normalized spacial score (nSPS) is 21.2. The largest absolute Gasteiger partial charge is 0.297 e. The Balaban J connectivity index is 1.87. The van der Waals surface area contributed by atoms with Gasteiger partial charge in [-0.25, -0.2) is 0 Å². The molecule has 0 N–H and O–H groups in total. The standard InChI is InChI=1S/C25H32O4S/c1-18-10-16-22(17-11-18)30(27,28)29-24(23(26)19-8-6-5-7-9-19)20-12-14-21(15-13-20)25(2,3)4/h5-11,16-17,20-21,24H,12-15H2,1-4H3/t20?,21?,24-/m1/s1. The molecule has 0 bridgehead atoms. The predicted molar refractivity (Wildman–Crippen MR) is 119 cm³/mol. The van der Waals surface area contributed by atoms with E-state index in [0.717, 1.165) is 31.2 Å². The van der Waals surface area contributed by atoms with Gasteiger partial charge in [-0.2, -0.15) is 8.42 Å². The molecule has 3 rings (SSSR count). The number of benzene rings is 2. The fourth-order valence-corrected chi connectivity index (χ4v) is 5.39. The molecule has 0 aliphatic heterocycles. The zero-order chi connectivity index (χ0) is 21.9. The lowest BCUT2D eigenvalue weighted by Crippen LogP contribution is -2.38. The van der Waals surface area contributed by atoms with Crippen LogP contribution in [0.2, 0.25) is 0 Å². The number of aryl methyl sites for hydroxylation is 1. The Kier molecular flexibility index (Phi) is 6.83. The van der Waals surface area contributed by atoms with E-state index in [-0.39, 0.29) is 22.0 Å². The van der Waals surface area contributed by atoms with E-state index in [0.29, 0.717) is 11.5 Å². The molecule has 162 valence electrons. The minimum absolute atomic E-state index is 0.0855. The van der Waals surface area contributed by atoms with Gasteiger partial charge in [0.2, 0.25) is 0 Å². The topological polar surface area (TPSA) is 60.4 Å². The fourth-order valence-electron chi connectivity index (χ4n) is 4.29. The van der Waals surface area contributed by atoms with Crippen LogP contribution in [0.1, 0.15) is 62.4 Å². The molecule has 0 heterocycles. The van der Waals surface area contributed by atoms with Crippen molar-refractivity contribution in [2.75, 3.05) is 0 Å². The van der Waals surface area contributed by atoms with E-state index >= 15 is 0 Å². The molecule has 4 nitrogen and oxygen atoms in total. The number of hydrogen-bond acceptors (Lipinski definition) is 4. The van der Waals surface area contributed by atoms with Gasteiger partial charge in [-0.1, -0.05) is 68.8 Å². The van der Waals surface area contributed by atoms with Crippen LogP contribution in [0.25, 0.3) is 0 Å². The highest BCUT2D eigenvalue weighted by molar-refractivity contribution is 7.86. The van der Waals surface area contributed by atoms with E-state index in [1.165, 1.54) is 12.1 Å². The highest BCUT2D eigenvalue weighted by Crippen LogP contribution is 2.42. The van der Waals surface area contributed by atoms with Crippen LogP contribution in [0.15, 0.2) is 59.5 Å². The average molecular weight is 429 g/mol. The quantitative estimate of drug-likeness (QED) is 0.431. The van der Waals surface area contributed by atoms with Gasteiger partial charge in [0.1, 0.15) is 6.10 Å². The third kappa shape index (κ3) is 5.38. The van der Waals surface area contributed by atoms with Crippen LogP contribution < -0.4 is 0 Å². The summed E-state index contributed by atoms with van der Waals surface area (Å²) in [6, 6.07) is 15.4. The van der Waals surface area contributed by atoms with Crippen molar-refractivity contribution >= 4 is 15.9 Å². The third-order valence-electron chi connectivity index (χ3n) is 6.28. The number of carbonyl (C=O) groups is 1. The number of Topliss-reactive ketones (excluding diaryl/α,β-unsaturated/α-hetero) is 1. The van der Waals surface area contributed by atoms with Gasteiger partial charge in [0, 0.05) is 5.56 Å². The molecule has 1 aliphatic carbocycles. The minimum Gasteiger partial charge on any atom is -0.291 e. The van der Waals surface area contributed by atoms with Gasteiger partial charge in [0.15, 0.2) is 5.78 Å². The summed E-state index contributed by atoms with van der Waals surface area (Å²) in [5.74, 6) is 0.192. The van der Waals surface area contributed by atoms with Crippen LogP contribution in [0.4, 0.5) is 0 Å². The number of ketones is 1. The summed E-state index contributed by atoms with van der Waals surface area (Å²) in [5.41, 5.74) is 1.66. The van der Waals surface area contributed by atoms with E-state index in [2.05, 4.69) is 20.8 Å². The van der Waals surface area contributed by atoms with Crippen LogP contribution in [-0.2, 0) is 14.3 Å². The first-order chi connectivity index (χ1) is 14.1. The van der Waals surface area contributed by atoms with Crippen molar-refractivity contribution < 1.29 is 17.4 Å². The molecule has 1 fully saturated rings. The molecule has 0 amide bonds. The molecule has 1 atom stereocenters. The molecule has 5 heteroatoms. The van der Waals surface area contributed by atoms with Crippen LogP contribution in [0.5, 0.6) is 0 Å². The summed E-state index contributed by atoms with van der Waals surface area (Å²) in [4.78, 5) is 13.4. The van der Waals surface area contributed by atoms with Gasteiger partial charge in [-0.05, 0) is 62.0 Å². The molecule has 1 saturated carbocycles. The van der Waals surface area contributed by atoms with Crippen LogP contribution >= 0.6 is 0 Å². The van der Waals surface area contributed by atoms with Crippen LogP contribution in [-0.4, -0.2) is 20.3 Å². The summed E-state index contributed by atoms with van der Waals surface area (Å²) < 4.78 is 31.6. The van der Waals surface area contributed by atoms with Gasteiger partial charge in [-0.3, -0.25) is 8.98 Å². The van der Waals surface area contributed by atoms with Crippen LogP contribution in [0, 0.1) is 24.2 Å². The Bertz CT molecular complexity index is 948. The molecule has 0 radical (unpaired) electrons. The maximum atomic E-state index is 13.3. The van der Waals surface area contributed by atoms with Crippen molar-refractivity contribution in [1.82, 2.24) is 0 Å². The second-order valence-corrected chi connectivity index (χ2v) is 11.1. The Morgan fingerprint density at radius 1 is 0.933 bits per heavy atom. The van der Waals surface area contributed by atoms with Crippen molar-refractivity contribution in [1.29, 1.82) is 0 Å². The highest BCUT2D eigenvalue weighted by Gasteiger charge is 2.39. The Labute approximate surface area is 180 Å². The zero-order valence-electron chi connectivity index (χ0n) is 18.3. The molecule has 2 aromatic rings. The van der Waals surface area contributed by atoms with Crippen LogP contribution in [0.3, 0.4) is 0 Å². The Morgan fingerprint density at radius 2 is 1.50 bits per heavy atom. The molecule has 0 spiro atoms. The van der Waals surface area contributed by atoms with Gasteiger partial charge in [0.25, 0.3) is 10.1 Å². The van der Waals surface area contributed by atoms with E-state index in [1.807, 2.05) is 13.0 Å². The first kappa shape index (κ1) is 22.7. The summed E-state index contributed by atoms with van der Waals surface area (Å²) in [5, 5.41) is 0. The van der Waals surface area contributed by atoms with Gasteiger partial charge < -0.3 is 0 Å². The minimum atomic E-state index is -4.04. The van der Waals surface area contributed by atoms with Gasteiger partial charge in [-0.15, -0.1) is 0 Å². The number of hydrogen-bond donors (Lipinski definition) is 0. The predicted octanol–water partition coefficient (Wildman–Crippen LogP) is 5.80.